The highest BCUT2D eigenvalue weighted by atomic mass is 14.9. The molecular formula is C13H18N2. The maximum atomic E-state index is 3.43. The Kier molecular flexibility index (Phi) is 3.07. The fourth-order valence-electron chi connectivity index (χ4n) is 1.97. The topological polar surface area (TPSA) is 16.4 Å². The van der Waals surface area contributed by atoms with Crippen molar-refractivity contribution in [2.75, 3.05) is 6.54 Å². The number of rotatable bonds is 4. The van der Waals surface area contributed by atoms with Crippen LogP contribution in [0.3, 0.4) is 0 Å². The summed E-state index contributed by atoms with van der Waals surface area (Å²) in [5.74, 6) is 0. The molecule has 0 aromatic carbocycles. The Bertz CT molecular complexity index is 431. The standard InChI is InChI=1S/C13H18N2/c1-3-14-11(2)9-12-6-7-13-5-4-8-15(13)10-12/h4-8,10-11,14H,3,9H2,1-2H3. The van der Waals surface area contributed by atoms with Gasteiger partial charge in [-0.1, -0.05) is 13.0 Å². The van der Waals surface area contributed by atoms with Crippen LogP contribution in [-0.4, -0.2) is 17.0 Å². The van der Waals surface area contributed by atoms with Crippen LogP contribution in [0.15, 0.2) is 36.7 Å². The van der Waals surface area contributed by atoms with Gasteiger partial charge in [-0.25, -0.2) is 0 Å². The minimum Gasteiger partial charge on any atom is -0.324 e. The molecule has 0 bridgehead atoms. The Labute approximate surface area is 90.9 Å². The van der Waals surface area contributed by atoms with E-state index in [2.05, 4.69) is 60.2 Å². The van der Waals surface area contributed by atoms with Crippen molar-refractivity contribution < 1.29 is 0 Å². The molecule has 0 aliphatic heterocycles. The number of nitrogens with one attached hydrogen (secondary N) is 1. The zero-order valence-electron chi connectivity index (χ0n) is 9.40. The van der Waals surface area contributed by atoms with Crippen molar-refractivity contribution in [2.45, 2.75) is 26.3 Å². The molecule has 2 heterocycles. The van der Waals surface area contributed by atoms with E-state index in [1.54, 1.807) is 0 Å². The zero-order valence-corrected chi connectivity index (χ0v) is 9.40. The fraction of sp³-hybridized carbons (Fsp3) is 0.385. The van der Waals surface area contributed by atoms with E-state index >= 15 is 0 Å². The van der Waals surface area contributed by atoms with Gasteiger partial charge in [-0.3, -0.25) is 0 Å². The van der Waals surface area contributed by atoms with Gasteiger partial charge in [0.05, 0.1) is 0 Å². The van der Waals surface area contributed by atoms with Crippen molar-refractivity contribution in [2.24, 2.45) is 0 Å². The zero-order chi connectivity index (χ0) is 10.7. The molecule has 0 aliphatic rings. The molecule has 0 radical (unpaired) electrons. The van der Waals surface area contributed by atoms with E-state index in [-0.39, 0.29) is 0 Å². The predicted octanol–water partition coefficient (Wildman–Crippen LogP) is 2.48. The van der Waals surface area contributed by atoms with Crippen LogP contribution in [0.1, 0.15) is 19.4 Å². The Morgan fingerprint density at radius 3 is 3.00 bits per heavy atom. The molecule has 0 aliphatic carbocycles. The molecule has 2 rings (SSSR count). The SMILES string of the molecule is CCNC(C)Cc1ccc2cccn2c1. The molecule has 15 heavy (non-hydrogen) atoms. The van der Waals surface area contributed by atoms with E-state index < -0.39 is 0 Å². The van der Waals surface area contributed by atoms with Crippen LogP contribution < -0.4 is 5.32 Å². The first-order valence-electron chi connectivity index (χ1n) is 5.58. The lowest BCUT2D eigenvalue weighted by atomic mass is 10.1. The summed E-state index contributed by atoms with van der Waals surface area (Å²) in [7, 11) is 0. The van der Waals surface area contributed by atoms with Gasteiger partial charge in [-0.05, 0) is 43.7 Å². The summed E-state index contributed by atoms with van der Waals surface area (Å²) in [6.45, 7) is 5.40. The lowest BCUT2D eigenvalue weighted by molar-refractivity contribution is 0.564. The molecule has 0 amide bonds. The third kappa shape index (κ3) is 2.39. The average molecular weight is 202 g/mol. The maximum Gasteiger partial charge on any atom is 0.0450 e. The van der Waals surface area contributed by atoms with E-state index in [9.17, 15) is 0 Å². The third-order valence-corrected chi connectivity index (χ3v) is 2.68. The highest BCUT2D eigenvalue weighted by Gasteiger charge is 2.02. The van der Waals surface area contributed by atoms with Crippen LogP contribution in [0.4, 0.5) is 0 Å². The molecule has 0 fully saturated rings. The molecule has 1 unspecified atom stereocenters. The molecule has 2 heteroatoms. The maximum absolute atomic E-state index is 3.43. The second-order valence-electron chi connectivity index (χ2n) is 4.04. The van der Waals surface area contributed by atoms with Crippen molar-refractivity contribution >= 4 is 5.52 Å². The van der Waals surface area contributed by atoms with Gasteiger partial charge in [0.1, 0.15) is 0 Å². The molecular weight excluding hydrogens is 184 g/mol. The predicted molar refractivity (Wildman–Crippen MR) is 64.2 cm³/mol. The largest absolute Gasteiger partial charge is 0.324 e. The van der Waals surface area contributed by atoms with Gasteiger partial charge in [0.15, 0.2) is 0 Å². The van der Waals surface area contributed by atoms with Crippen molar-refractivity contribution in [1.82, 2.24) is 9.72 Å². The summed E-state index contributed by atoms with van der Waals surface area (Å²) < 4.78 is 2.17. The highest BCUT2D eigenvalue weighted by molar-refractivity contribution is 5.48. The summed E-state index contributed by atoms with van der Waals surface area (Å²) in [5, 5.41) is 3.43. The van der Waals surface area contributed by atoms with Crippen LogP contribution >= 0.6 is 0 Å². The second kappa shape index (κ2) is 4.49. The summed E-state index contributed by atoms with van der Waals surface area (Å²) in [4.78, 5) is 0. The number of likely N-dealkylation sites (N-methyl/N-ethyl adjacent to an activating group) is 1. The number of hydrogen-bond acceptors (Lipinski definition) is 1. The number of hydrogen-bond donors (Lipinski definition) is 1. The first kappa shape index (κ1) is 10.2. The van der Waals surface area contributed by atoms with Crippen LogP contribution in [0, 0.1) is 0 Å². The minimum absolute atomic E-state index is 0.544. The molecule has 0 saturated heterocycles. The van der Waals surface area contributed by atoms with Gasteiger partial charge in [-0.15, -0.1) is 0 Å². The number of fused-ring (bicyclic) bond motifs is 1. The molecule has 1 atom stereocenters. The molecule has 2 aromatic heterocycles. The third-order valence-electron chi connectivity index (χ3n) is 2.68. The van der Waals surface area contributed by atoms with Crippen LogP contribution in [0.25, 0.3) is 5.52 Å². The number of nitrogens with zero attached hydrogens (tertiary/aromatic N) is 1. The van der Waals surface area contributed by atoms with Gasteiger partial charge < -0.3 is 9.72 Å². The number of aromatic nitrogens is 1. The van der Waals surface area contributed by atoms with Crippen molar-refractivity contribution in [1.29, 1.82) is 0 Å². The minimum atomic E-state index is 0.544. The first-order valence-corrected chi connectivity index (χ1v) is 5.58. The van der Waals surface area contributed by atoms with E-state index in [1.165, 1.54) is 11.1 Å². The van der Waals surface area contributed by atoms with Gasteiger partial charge in [0, 0.05) is 24.0 Å². The fourth-order valence-corrected chi connectivity index (χ4v) is 1.97. The quantitative estimate of drug-likeness (QED) is 0.805. The van der Waals surface area contributed by atoms with Crippen molar-refractivity contribution in [3.63, 3.8) is 0 Å². The molecule has 0 saturated carbocycles. The van der Waals surface area contributed by atoms with Gasteiger partial charge in [-0.2, -0.15) is 0 Å². The Morgan fingerprint density at radius 2 is 2.20 bits per heavy atom. The molecule has 80 valence electrons. The average Bonchev–Trinajstić information content (AvgIpc) is 2.65. The summed E-state index contributed by atoms with van der Waals surface area (Å²) in [5.41, 5.74) is 2.64. The monoisotopic (exact) mass is 202 g/mol. The summed E-state index contributed by atoms with van der Waals surface area (Å²) in [6.07, 6.45) is 5.39. The van der Waals surface area contributed by atoms with E-state index in [4.69, 9.17) is 0 Å². The Hall–Kier alpha value is -1.28. The van der Waals surface area contributed by atoms with Crippen LogP contribution in [-0.2, 0) is 6.42 Å². The van der Waals surface area contributed by atoms with Crippen molar-refractivity contribution in [3.8, 4) is 0 Å². The molecule has 1 N–H and O–H groups in total. The normalized spacial score (nSPS) is 13.2. The highest BCUT2D eigenvalue weighted by Crippen LogP contribution is 2.09. The Balaban J connectivity index is 2.14. The van der Waals surface area contributed by atoms with Gasteiger partial charge >= 0.3 is 0 Å². The lowest BCUT2D eigenvalue weighted by Gasteiger charge is -2.12. The first-order chi connectivity index (χ1) is 7.29. The van der Waals surface area contributed by atoms with Crippen LogP contribution in [0.2, 0.25) is 0 Å². The van der Waals surface area contributed by atoms with Gasteiger partial charge in [0.25, 0.3) is 0 Å². The van der Waals surface area contributed by atoms with E-state index in [0.29, 0.717) is 6.04 Å². The van der Waals surface area contributed by atoms with Crippen molar-refractivity contribution in [3.05, 3.63) is 42.2 Å². The Morgan fingerprint density at radius 1 is 1.33 bits per heavy atom. The number of pyridine rings is 1. The summed E-state index contributed by atoms with van der Waals surface area (Å²) >= 11 is 0. The molecule has 0 spiro atoms. The van der Waals surface area contributed by atoms with Crippen LogP contribution in [0.5, 0.6) is 0 Å². The summed E-state index contributed by atoms with van der Waals surface area (Å²) in [6, 6.07) is 9.13. The molecule has 2 nitrogen and oxygen atoms in total. The van der Waals surface area contributed by atoms with E-state index in [0.717, 1.165) is 13.0 Å². The molecule has 2 aromatic rings. The smallest absolute Gasteiger partial charge is 0.0450 e. The second-order valence-corrected chi connectivity index (χ2v) is 4.04. The van der Waals surface area contributed by atoms with E-state index in [1.807, 2.05) is 0 Å². The van der Waals surface area contributed by atoms with Gasteiger partial charge in [0.2, 0.25) is 0 Å². The lowest BCUT2D eigenvalue weighted by Crippen LogP contribution is -2.27.